The summed E-state index contributed by atoms with van der Waals surface area (Å²) in [6, 6.07) is 7.91. The van der Waals surface area contributed by atoms with Crippen LogP contribution in [0.3, 0.4) is 0 Å². The van der Waals surface area contributed by atoms with Gasteiger partial charge in [0.2, 0.25) is 0 Å². The van der Waals surface area contributed by atoms with Gasteiger partial charge < -0.3 is 10.3 Å². The number of hydrogen-bond donors (Lipinski definition) is 1. The molecule has 0 atom stereocenters. The first kappa shape index (κ1) is 13.5. The average Bonchev–Trinajstić information content (AvgIpc) is 2.88. The molecular weight excluding hydrogens is 341 g/mol. The normalized spacial score (nSPS) is 11.8. The molecule has 1 heterocycles. The van der Waals surface area contributed by atoms with Crippen molar-refractivity contribution < 1.29 is 4.52 Å². The summed E-state index contributed by atoms with van der Waals surface area (Å²) in [4.78, 5) is 4.45. The molecule has 0 spiro atoms. The smallest absolute Gasteiger partial charge is 0.259 e. The van der Waals surface area contributed by atoms with Crippen LogP contribution in [0.5, 0.6) is 0 Å². The number of hydrogen-bond acceptors (Lipinski definition) is 4. The van der Waals surface area contributed by atoms with Crippen LogP contribution in [-0.2, 0) is 5.54 Å². The largest absolute Gasteiger partial charge is 0.334 e. The maximum Gasteiger partial charge on any atom is 0.259 e. The molecule has 0 aliphatic heterocycles. The van der Waals surface area contributed by atoms with Crippen molar-refractivity contribution in [1.29, 1.82) is 0 Å². The second-order valence-corrected chi connectivity index (χ2v) is 5.43. The van der Waals surface area contributed by atoms with Gasteiger partial charge in [0.05, 0.1) is 11.1 Å². The van der Waals surface area contributed by atoms with Crippen LogP contribution in [0.15, 0.2) is 28.8 Å². The molecule has 0 saturated carbocycles. The number of aromatic nitrogens is 2. The Labute approximate surface area is 120 Å². The van der Waals surface area contributed by atoms with E-state index in [0.29, 0.717) is 11.7 Å². The lowest BCUT2D eigenvalue weighted by Crippen LogP contribution is -2.36. The van der Waals surface area contributed by atoms with Gasteiger partial charge in [-0.3, -0.25) is 0 Å². The Kier molecular flexibility index (Phi) is 4.01. The zero-order chi connectivity index (χ0) is 13.2. The summed E-state index contributed by atoms with van der Waals surface area (Å²) in [6.45, 7) is 4.07. The van der Waals surface area contributed by atoms with Gasteiger partial charge in [-0.15, -0.1) is 0 Å². The predicted molar refractivity (Wildman–Crippen MR) is 78.9 cm³/mol. The SMILES string of the molecule is CCC(N)(CC)c1noc(-c2ccccc2I)n1. The van der Waals surface area contributed by atoms with E-state index < -0.39 is 5.54 Å². The van der Waals surface area contributed by atoms with Gasteiger partial charge >= 0.3 is 0 Å². The van der Waals surface area contributed by atoms with Crippen molar-refractivity contribution in [2.75, 3.05) is 0 Å². The van der Waals surface area contributed by atoms with Crippen molar-refractivity contribution >= 4 is 22.6 Å². The van der Waals surface area contributed by atoms with E-state index in [1.807, 2.05) is 38.1 Å². The quantitative estimate of drug-likeness (QED) is 0.853. The van der Waals surface area contributed by atoms with Gasteiger partial charge in [-0.05, 0) is 47.6 Å². The van der Waals surface area contributed by atoms with E-state index >= 15 is 0 Å². The maximum atomic E-state index is 6.26. The molecule has 96 valence electrons. The third-order valence-corrected chi connectivity index (χ3v) is 4.18. The van der Waals surface area contributed by atoms with Gasteiger partial charge in [-0.25, -0.2) is 0 Å². The number of benzene rings is 1. The van der Waals surface area contributed by atoms with Crippen molar-refractivity contribution in [2.24, 2.45) is 5.73 Å². The molecule has 0 bridgehead atoms. The number of nitrogens with zero attached hydrogens (tertiary/aromatic N) is 2. The van der Waals surface area contributed by atoms with E-state index in [-0.39, 0.29) is 0 Å². The Morgan fingerprint density at radius 2 is 1.94 bits per heavy atom. The first-order valence-electron chi connectivity index (χ1n) is 5.98. The summed E-state index contributed by atoms with van der Waals surface area (Å²) in [6.07, 6.45) is 1.57. The van der Waals surface area contributed by atoms with E-state index in [2.05, 4.69) is 32.7 Å². The summed E-state index contributed by atoms with van der Waals surface area (Å²) in [5.41, 5.74) is 6.71. The fraction of sp³-hybridized carbons (Fsp3) is 0.385. The highest BCUT2D eigenvalue weighted by Crippen LogP contribution is 2.28. The van der Waals surface area contributed by atoms with E-state index in [0.717, 1.165) is 22.0 Å². The molecule has 4 nitrogen and oxygen atoms in total. The lowest BCUT2D eigenvalue weighted by Gasteiger charge is -2.21. The minimum atomic E-state index is -0.498. The number of nitrogens with two attached hydrogens (primary N) is 1. The topological polar surface area (TPSA) is 64.9 Å². The monoisotopic (exact) mass is 357 g/mol. The van der Waals surface area contributed by atoms with Crippen LogP contribution in [0.1, 0.15) is 32.5 Å². The van der Waals surface area contributed by atoms with E-state index in [4.69, 9.17) is 10.3 Å². The third-order valence-electron chi connectivity index (χ3n) is 3.24. The average molecular weight is 357 g/mol. The molecule has 0 unspecified atom stereocenters. The standard InChI is InChI=1S/C13H16IN3O/c1-3-13(15,4-2)12-16-11(18-17-12)9-7-5-6-8-10(9)14/h5-8H,3-4,15H2,1-2H3. The molecule has 0 radical (unpaired) electrons. The Hall–Kier alpha value is -0.950. The summed E-state index contributed by atoms with van der Waals surface area (Å²) in [7, 11) is 0. The molecule has 0 aliphatic carbocycles. The van der Waals surface area contributed by atoms with E-state index in [1.165, 1.54) is 0 Å². The molecule has 0 amide bonds. The van der Waals surface area contributed by atoms with Gasteiger partial charge in [0.25, 0.3) is 5.89 Å². The van der Waals surface area contributed by atoms with Gasteiger partial charge in [-0.2, -0.15) is 4.98 Å². The number of rotatable bonds is 4. The molecule has 1 aromatic carbocycles. The van der Waals surface area contributed by atoms with Crippen LogP contribution in [0.4, 0.5) is 0 Å². The third kappa shape index (κ3) is 2.42. The van der Waals surface area contributed by atoms with Crippen LogP contribution in [0, 0.1) is 3.57 Å². The highest BCUT2D eigenvalue weighted by Gasteiger charge is 2.29. The van der Waals surface area contributed by atoms with Crippen molar-refractivity contribution in [3.05, 3.63) is 33.7 Å². The van der Waals surface area contributed by atoms with Crippen molar-refractivity contribution in [1.82, 2.24) is 10.1 Å². The molecular formula is C13H16IN3O. The maximum absolute atomic E-state index is 6.26. The minimum Gasteiger partial charge on any atom is -0.334 e. The van der Waals surface area contributed by atoms with Crippen LogP contribution >= 0.6 is 22.6 Å². The van der Waals surface area contributed by atoms with Gasteiger partial charge in [0.1, 0.15) is 0 Å². The fourth-order valence-electron chi connectivity index (χ4n) is 1.74. The van der Waals surface area contributed by atoms with Gasteiger partial charge in [-0.1, -0.05) is 31.1 Å². The number of halogens is 1. The molecule has 1 aromatic heterocycles. The van der Waals surface area contributed by atoms with Crippen LogP contribution in [0.2, 0.25) is 0 Å². The second-order valence-electron chi connectivity index (χ2n) is 4.27. The Morgan fingerprint density at radius 1 is 1.28 bits per heavy atom. The molecule has 5 heteroatoms. The summed E-state index contributed by atoms with van der Waals surface area (Å²) in [5, 5.41) is 4.03. The molecule has 18 heavy (non-hydrogen) atoms. The summed E-state index contributed by atoms with van der Waals surface area (Å²) in [5.74, 6) is 1.12. The Bertz CT molecular complexity index is 535. The van der Waals surface area contributed by atoms with Gasteiger partial charge in [0.15, 0.2) is 5.82 Å². The Balaban J connectivity index is 2.40. The zero-order valence-corrected chi connectivity index (χ0v) is 12.6. The first-order chi connectivity index (χ1) is 8.60. The summed E-state index contributed by atoms with van der Waals surface area (Å²) < 4.78 is 6.42. The van der Waals surface area contributed by atoms with E-state index in [1.54, 1.807) is 0 Å². The second kappa shape index (κ2) is 5.36. The lowest BCUT2D eigenvalue weighted by molar-refractivity contribution is 0.350. The van der Waals surface area contributed by atoms with Crippen LogP contribution in [-0.4, -0.2) is 10.1 Å². The fourth-order valence-corrected chi connectivity index (χ4v) is 2.35. The highest BCUT2D eigenvalue weighted by molar-refractivity contribution is 14.1. The molecule has 2 aromatic rings. The van der Waals surface area contributed by atoms with Crippen molar-refractivity contribution in [3.8, 4) is 11.5 Å². The van der Waals surface area contributed by atoms with Gasteiger partial charge in [0, 0.05) is 3.57 Å². The Morgan fingerprint density at radius 3 is 2.56 bits per heavy atom. The minimum absolute atomic E-state index is 0.498. The van der Waals surface area contributed by atoms with Crippen LogP contribution < -0.4 is 5.73 Å². The van der Waals surface area contributed by atoms with Crippen molar-refractivity contribution in [2.45, 2.75) is 32.2 Å². The summed E-state index contributed by atoms with van der Waals surface area (Å²) >= 11 is 2.25. The first-order valence-corrected chi connectivity index (χ1v) is 7.06. The zero-order valence-electron chi connectivity index (χ0n) is 10.5. The van der Waals surface area contributed by atoms with E-state index in [9.17, 15) is 0 Å². The van der Waals surface area contributed by atoms with Crippen LogP contribution in [0.25, 0.3) is 11.5 Å². The van der Waals surface area contributed by atoms with Crippen molar-refractivity contribution in [3.63, 3.8) is 0 Å². The molecule has 2 N–H and O–H groups in total. The molecule has 0 aliphatic rings. The highest BCUT2D eigenvalue weighted by atomic mass is 127. The predicted octanol–water partition coefficient (Wildman–Crippen LogP) is 3.32. The molecule has 0 fully saturated rings. The molecule has 0 saturated heterocycles. The molecule has 2 rings (SSSR count). The lowest BCUT2D eigenvalue weighted by atomic mass is 9.93.